The zero-order valence-corrected chi connectivity index (χ0v) is 34.3. The molecular formula is C50H52F4N6O3. The molecule has 8 aromatic rings. The minimum atomic E-state index is -1.07. The van der Waals surface area contributed by atoms with Crippen LogP contribution in [0, 0.1) is 64.8 Å². The van der Waals surface area contributed by atoms with Crippen LogP contribution in [0.4, 0.5) is 29.2 Å². The number of nitrogens with two attached hydrogens (primary N) is 1. The molecule has 0 saturated heterocycles. The van der Waals surface area contributed by atoms with Crippen LogP contribution in [0.5, 0.6) is 11.5 Å². The van der Waals surface area contributed by atoms with Crippen LogP contribution >= 0.6 is 0 Å². The first kappa shape index (κ1) is 49.9. The molecule has 0 aliphatic rings. The lowest BCUT2D eigenvalue weighted by molar-refractivity contribution is 0.111. The maximum absolute atomic E-state index is 15.0. The molecule has 0 radical (unpaired) electrons. The number of aryl methyl sites for hydroxylation is 6. The molecule has 0 aliphatic heterocycles. The summed E-state index contributed by atoms with van der Waals surface area (Å²) < 4.78 is 54.6. The number of carbonyl (C=O) groups excluding carboxylic acids is 1. The molecule has 0 saturated carbocycles. The molecule has 1 unspecified atom stereocenters. The van der Waals surface area contributed by atoms with Gasteiger partial charge in [-0.15, -0.1) is 0 Å². The summed E-state index contributed by atoms with van der Waals surface area (Å²) in [6.45, 7) is 10.6. The number of nitrogens with zero attached hydrogens (tertiary/aromatic N) is 4. The van der Waals surface area contributed by atoms with Gasteiger partial charge in [0.1, 0.15) is 34.2 Å². The van der Waals surface area contributed by atoms with Gasteiger partial charge >= 0.3 is 0 Å². The minimum absolute atomic E-state index is 0. The fourth-order valence-corrected chi connectivity index (χ4v) is 6.03. The predicted octanol–water partition coefficient (Wildman–Crippen LogP) is 12.3. The highest BCUT2D eigenvalue weighted by Gasteiger charge is 2.25. The van der Waals surface area contributed by atoms with Crippen LogP contribution < -0.4 is 11.1 Å². The Kier molecular flexibility index (Phi) is 17.8. The molecule has 0 bridgehead atoms. The number of para-hydroxylation sites is 1. The molecule has 328 valence electrons. The first-order valence-corrected chi connectivity index (χ1v) is 18.9. The fourth-order valence-electron chi connectivity index (χ4n) is 6.03. The number of hydrogen-bond acceptors (Lipinski definition) is 9. The predicted molar refractivity (Wildman–Crippen MR) is 245 cm³/mol. The summed E-state index contributed by atoms with van der Waals surface area (Å²) in [5.41, 5.74) is 10.8. The molecule has 1 atom stereocenters. The second kappa shape index (κ2) is 22.4. The molecule has 13 heteroatoms. The number of carbonyl (C=O) groups is 1. The van der Waals surface area contributed by atoms with E-state index in [1.807, 2.05) is 82.3 Å². The number of rotatable bonds is 5. The monoisotopic (exact) mass is 860 g/mol. The van der Waals surface area contributed by atoms with Gasteiger partial charge in [-0.3, -0.25) is 4.79 Å². The molecule has 0 fully saturated rings. The van der Waals surface area contributed by atoms with E-state index in [-0.39, 0.29) is 54.9 Å². The summed E-state index contributed by atoms with van der Waals surface area (Å²) in [4.78, 5) is 26.8. The summed E-state index contributed by atoms with van der Waals surface area (Å²) in [6, 6.07) is 28.7. The molecule has 9 nitrogen and oxygen atoms in total. The highest BCUT2D eigenvalue weighted by Crippen LogP contribution is 2.38. The summed E-state index contributed by atoms with van der Waals surface area (Å²) in [6.07, 6.45) is 3.62. The fraction of sp³-hybridized carbons (Fsp3) is 0.180. The van der Waals surface area contributed by atoms with E-state index in [1.165, 1.54) is 38.1 Å². The Hall–Kier alpha value is -7.41. The number of hydrogen-bond donors (Lipinski definition) is 4. The molecule has 8 rings (SSSR count). The van der Waals surface area contributed by atoms with Crippen LogP contribution in [0.3, 0.4) is 0 Å². The van der Waals surface area contributed by atoms with E-state index < -0.39 is 29.3 Å². The topological polar surface area (TPSA) is 147 Å². The Morgan fingerprint density at radius 2 is 1.14 bits per heavy atom. The van der Waals surface area contributed by atoms with Gasteiger partial charge in [0.05, 0.1) is 11.6 Å². The number of aromatic nitrogens is 4. The summed E-state index contributed by atoms with van der Waals surface area (Å²) in [7, 11) is 0. The normalized spacial score (nSPS) is 10.6. The van der Waals surface area contributed by atoms with E-state index in [2.05, 4.69) is 25.3 Å². The van der Waals surface area contributed by atoms with E-state index in [9.17, 15) is 32.6 Å². The van der Waals surface area contributed by atoms with Crippen molar-refractivity contribution < 1.29 is 32.6 Å². The molecule has 0 spiro atoms. The maximum atomic E-state index is 15.0. The summed E-state index contributed by atoms with van der Waals surface area (Å²) in [5.74, 6) is -2.66. The summed E-state index contributed by atoms with van der Waals surface area (Å²) >= 11 is 0. The number of nitrogen functional groups attached to an aromatic ring is 1. The lowest BCUT2D eigenvalue weighted by Gasteiger charge is -2.23. The number of nitrogens with one attached hydrogen (secondary N) is 1. The van der Waals surface area contributed by atoms with Crippen molar-refractivity contribution in [1.82, 2.24) is 19.9 Å². The van der Waals surface area contributed by atoms with Crippen molar-refractivity contribution in [3.05, 3.63) is 189 Å². The molecule has 63 heavy (non-hydrogen) atoms. The number of halogens is 4. The van der Waals surface area contributed by atoms with Gasteiger partial charge in [-0.2, -0.15) is 0 Å². The molecule has 0 aliphatic carbocycles. The Bertz CT molecular complexity index is 2820. The molecule has 4 aromatic carbocycles. The van der Waals surface area contributed by atoms with Crippen molar-refractivity contribution in [2.24, 2.45) is 0 Å². The highest BCUT2D eigenvalue weighted by molar-refractivity contribution is 5.86. The van der Waals surface area contributed by atoms with Gasteiger partial charge < -0.3 is 21.3 Å². The SMILES string of the molecule is C.C.Cc1ccc(C=O)c(F)c1F.Cc1ccc2cccc(O)c2n1.Cc1ccnc(N)c1.Cc1ccnc(NC(c2ccc(C)c(F)c2F)c2ccc3ccc(C)nc3c2O)c1. The average Bonchev–Trinajstić information content (AvgIpc) is 3.23. The summed E-state index contributed by atoms with van der Waals surface area (Å²) in [5, 5.41) is 25.3. The minimum Gasteiger partial charge on any atom is -0.506 e. The number of phenols is 2. The third kappa shape index (κ3) is 12.6. The van der Waals surface area contributed by atoms with Crippen molar-refractivity contribution in [3.8, 4) is 11.5 Å². The second-order valence-corrected chi connectivity index (χ2v) is 14.2. The second-order valence-electron chi connectivity index (χ2n) is 14.2. The van der Waals surface area contributed by atoms with Crippen molar-refractivity contribution in [2.45, 2.75) is 62.4 Å². The standard InChI is InChI=1S/C24H21F2N3O.C10H9NO.C8H6F2O.C6H8N2.2CH4/c1-13-10-11-27-19(12-13)29-23(17-8-4-14(2)20(25)21(17)26)18-9-7-16-6-5-15(3)28-22(16)24(18)30;1-7-5-6-8-3-2-4-9(12)10(8)11-7;1-5-2-3-6(4-11)8(10)7(5)9;1-5-2-3-8-6(7)4-5;;/h4-12,23,30H,1-3H3,(H,27,29);2-6,12H,1H3;2-4H,1H3;2-4H,1H3,(H2,7,8);2*1H4. The van der Waals surface area contributed by atoms with Crippen LogP contribution in [-0.2, 0) is 0 Å². The lowest BCUT2D eigenvalue weighted by atomic mass is 9.94. The molecule has 0 amide bonds. The first-order chi connectivity index (χ1) is 29.1. The molecule has 4 aromatic heterocycles. The zero-order chi connectivity index (χ0) is 44.4. The quantitative estimate of drug-likeness (QED) is 0.0980. The molecule has 5 N–H and O–H groups in total. The van der Waals surface area contributed by atoms with Crippen LogP contribution in [0.15, 0.2) is 116 Å². The number of pyridine rings is 4. The van der Waals surface area contributed by atoms with E-state index in [0.717, 1.165) is 33.3 Å². The Labute approximate surface area is 365 Å². The number of aldehydes is 1. The van der Waals surface area contributed by atoms with Crippen molar-refractivity contribution in [2.75, 3.05) is 11.1 Å². The highest BCUT2D eigenvalue weighted by atomic mass is 19.2. The van der Waals surface area contributed by atoms with E-state index in [1.54, 1.807) is 36.7 Å². The first-order valence-electron chi connectivity index (χ1n) is 18.9. The Morgan fingerprint density at radius 1 is 0.603 bits per heavy atom. The molecular weight excluding hydrogens is 809 g/mol. The van der Waals surface area contributed by atoms with Gasteiger partial charge in [-0.1, -0.05) is 69.5 Å². The van der Waals surface area contributed by atoms with Crippen molar-refractivity contribution in [1.29, 1.82) is 0 Å². The van der Waals surface area contributed by atoms with Crippen molar-refractivity contribution >= 4 is 39.7 Å². The maximum Gasteiger partial charge on any atom is 0.169 e. The van der Waals surface area contributed by atoms with Crippen LogP contribution in [0.1, 0.15) is 76.0 Å². The third-order valence-electron chi connectivity index (χ3n) is 9.35. The Balaban J connectivity index is 0.000000262. The van der Waals surface area contributed by atoms with Gasteiger partial charge in [0.15, 0.2) is 29.6 Å². The smallest absolute Gasteiger partial charge is 0.169 e. The number of fused-ring (bicyclic) bond motifs is 2. The van der Waals surface area contributed by atoms with Crippen LogP contribution in [-0.4, -0.2) is 36.4 Å². The van der Waals surface area contributed by atoms with E-state index in [0.29, 0.717) is 28.2 Å². The lowest BCUT2D eigenvalue weighted by Crippen LogP contribution is -2.16. The number of anilines is 2. The number of phenolic OH excluding ortho intramolecular Hbond substituents is 2. The van der Waals surface area contributed by atoms with Crippen LogP contribution in [0.2, 0.25) is 0 Å². The third-order valence-corrected chi connectivity index (χ3v) is 9.35. The van der Waals surface area contributed by atoms with Crippen LogP contribution in [0.25, 0.3) is 21.8 Å². The number of benzene rings is 4. The zero-order valence-electron chi connectivity index (χ0n) is 34.3. The van der Waals surface area contributed by atoms with E-state index in [4.69, 9.17) is 5.73 Å². The van der Waals surface area contributed by atoms with Gasteiger partial charge in [0, 0.05) is 45.7 Å². The largest absolute Gasteiger partial charge is 0.506 e. The number of aromatic hydroxyl groups is 2. The van der Waals surface area contributed by atoms with Gasteiger partial charge in [-0.05, 0) is 112 Å². The van der Waals surface area contributed by atoms with E-state index >= 15 is 0 Å². The van der Waals surface area contributed by atoms with Gasteiger partial charge in [-0.25, -0.2) is 37.5 Å². The Morgan fingerprint density at radius 3 is 1.73 bits per heavy atom. The van der Waals surface area contributed by atoms with Gasteiger partial charge in [0.2, 0.25) is 0 Å². The molecule has 4 heterocycles. The average molecular weight is 861 g/mol. The van der Waals surface area contributed by atoms with Crippen molar-refractivity contribution in [3.63, 3.8) is 0 Å². The van der Waals surface area contributed by atoms with Gasteiger partial charge in [0.25, 0.3) is 0 Å².